The summed E-state index contributed by atoms with van der Waals surface area (Å²) in [6, 6.07) is 15.3. The molecule has 1 heterocycles. The Bertz CT molecular complexity index is 1120. The molecule has 31 heavy (non-hydrogen) atoms. The van der Waals surface area contributed by atoms with E-state index in [2.05, 4.69) is 12.1 Å². The van der Waals surface area contributed by atoms with Gasteiger partial charge in [0, 0.05) is 29.8 Å². The zero-order valence-electron chi connectivity index (χ0n) is 18.0. The van der Waals surface area contributed by atoms with Crippen molar-refractivity contribution in [2.75, 3.05) is 20.2 Å². The highest BCUT2D eigenvalue weighted by atomic mass is 35.5. The Hall–Kier alpha value is -1.82. The van der Waals surface area contributed by atoms with Crippen molar-refractivity contribution >= 4 is 27.2 Å². The number of ether oxygens (including phenoxy) is 1. The van der Waals surface area contributed by atoms with Gasteiger partial charge in [0.15, 0.2) is 0 Å². The first-order valence-corrected chi connectivity index (χ1v) is 12.8. The van der Waals surface area contributed by atoms with Gasteiger partial charge >= 0.3 is 0 Å². The van der Waals surface area contributed by atoms with Gasteiger partial charge in [-0.1, -0.05) is 36.2 Å². The maximum absolute atomic E-state index is 13.5. The van der Waals surface area contributed by atoms with Crippen LogP contribution in [0.25, 0.3) is 5.57 Å². The normalized spacial score (nSPS) is 28.5. The van der Waals surface area contributed by atoms with Crippen molar-refractivity contribution < 1.29 is 13.2 Å². The zero-order chi connectivity index (χ0) is 21.8. The number of sulfonamides is 1. The SMILES string of the molecule is COc1ccc(C2=C3CN(S(=O)(=O)c4ccc(C)cc4)C[C@@]34CCC[C@H](Cl)[C@@H]2C4)cc1. The van der Waals surface area contributed by atoms with Gasteiger partial charge in [0.25, 0.3) is 0 Å². The lowest BCUT2D eigenvalue weighted by Gasteiger charge is -2.26. The number of aryl methyl sites for hydroxylation is 1. The molecule has 0 unspecified atom stereocenters. The molecule has 164 valence electrons. The molecule has 1 saturated heterocycles. The molecule has 4 nitrogen and oxygen atoms in total. The number of rotatable bonds is 4. The van der Waals surface area contributed by atoms with Crippen LogP contribution in [0.15, 0.2) is 59.0 Å². The van der Waals surface area contributed by atoms with E-state index in [9.17, 15) is 8.42 Å². The Morgan fingerprint density at radius 1 is 1.10 bits per heavy atom. The molecule has 2 bridgehead atoms. The maximum Gasteiger partial charge on any atom is 0.243 e. The first kappa shape index (κ1) is 21.0. The van der Waals surface area contributed by atoms with Gasteiger partial charge in [-0.3, -0.25) is 0 Å². The predicted octanol–water partition coefficient (Wildman–Crippen LogP) is 5.26. The fraction of sp³-hybridized carbons (Fsp3) is 0.440. The van der Waals surface area contributed by atoms with Crippen molar-refractivity contribution in [2.24, 2.45) is 11.3 Å². The Morgan fingerprint density at radius 3 is 2.48 bits per heavy atom. The molecule has 2 aromatic carbocycles. The predicted molar refractivity (Wildman–Crippen MR) is 124 cm³/mol. The third-order valence-corrected chi connectivity index (χ3v) is 9.72. The summed E-state index contributed by atoms with van der Waals surface area (Å²) in [6.07, 6.45) is 3.97. The van der Waals surface area contributed by atoms with E-state index in [1.54, 1.807) is 23.5 Å². The molecule has 6 heteroatoms. The van der Waals surface area contributed by atoms with Crippen LogP contribution < -0.4 is 4.74 Å². The molecule has 2 aromatic rings. The Morgan fingerprint density at radius 2 is 1.81 bits per heavy atom. The van der Waals surface area contributed by atoms with Crippen LogP contribution in [0.3, 0.4) is 0 Å². The van der Waals surface area contributed by atoms with Crippen molar-refractivity contribution in [1.82, 2.24) is 4.31 Å². The Labute approximate surface area is 189 Å². The van der Waals surface area contributed by atoms with E-state index >= 15 is 0 Å². The van der Waals surface area contributed by atoms with Gasteiger partial charge in [0.2, 0.25) is 10.0 Å². The van der Waals surface area contributed by atoms with Gasteiger partial charge < -0.3 is 4.74 Å². The molecule has 1 aliphatic heterocycles. The second-order valence-electron chi connectivity index (χ2n) is 9.21. The number of nitrogens with zero attached hydrogens (tertiary/aromatic N) is 1. The van der Waals surface area contributed by atoms with E-state index < -0.39 is 10.0 Å². The summed E-state index contributed by atoms with van der Waals surface area (Å²) >= 11 is 6.87. The molecular weight excluding hydrogens is 430 g/mol. The van der Waals surface area contributed by atoms with E-state index in [0.717, 1.165) is 42.6 Å². The fourth-order valence-corrected chi connectivity index (χ4v) is 7.67. The first-order valence-electron chi connectivity index (χ1n) is 10.9. The monoisotopic (exact) mass is 457 g/mol. The van der Waals surface area contributed by atoms with Crippen molar-refractivity contribution in [3.8, 4) is 5.75 Å². The molecular formula is C25H28ClNO3S. The molecule has 0 aromatic heterocycles. The van der Waals surface area contributed by atoms with Gasteiger partial charge in [-0.15, -0.1) is 11.6 Å². The summed E-state index contributed by atoms with van der Waals surface area (Å²) in [5.74, 6) is 1.09. The molecule has 0 amide bonds. The standard InChI is InChI=1S/C25H28ClNO3S/c1-17-5-11-20(12-6-17)31(28,29)27-15-22-24(18-7-9-19(30-2)10-8-18)21-14-25(22,16-27)13-3-4-23(21)26/h5-12,21,23H,3-4,13-16H2,1-2H3/t21-,23-,25-/m0/s1. The maximum atomic E-state index is 13.5. The molecule has 5 rings (SSSR count). The topological polar surface area (TPSA) is 46.6 Å². The largest absolute Gasteiger partial charge is 0.497 e. The van der Waals surface area contributed by atoms with Gasteiger partial charge in [-0.2, -0.15) is 4.31 Å². The summed E-state index contributed by atoms with van der Waals surface area (Å²) in [7, 11) is -1.87. The van der Waals surface area contributed by atoms with Crippen LogP contribution >= 0.6 is 11.6 Å². The number of methoxy groups -OCH3 is 1. The summed E-state index contributed by atoms with van der Waals surface area (Å²) in [5, 5.41) is 0.0942. The zero-order valence-corrected chi connectivity index (χ0v) is 19.5. The van der Waals surface area contributed by atoms with Crippen molar-refractivity contribution in [2.45, 2.75) is 42.9 Å². The lowest BCUT2D eigenvalue weighted by atomic mass is 9.79. The third-order valence-electron chi connectivity index (χ3n) is 7.39. The second kappa shape index (κ2) is 7.65. The summed E-state index contributed by atoms with van der Waals surface area (Å²) in [5.41, 5.74) is 4.65. The number of allylic oxidation sites excluding steroid dienone is 1. The Balaban J connectivity index is 1.59. The van der Waals surface area contributed by atoms with Crippen LogP contribution in [0.2, 0.25) is 0 Å². The highest BCUT2D eigenvalue weighted by molar-refractivity contribution is 7.89. The van der Waals surface area contributed by atoms with E-state index in [1.165, 1.54) is 11.1 Å². The van der Waals surface area contributed by atoms with Gasteiger partial charge in [0.1, 0.15) is 5.75 Å². The highest BCUT2D eigenvalue weighted by Crippen LogP contribution is 2.60. The van der Waals surface area contributed by atoms with Crippen molar-refractivity contribution in [3.05, 3.63) is 65.2 Å². The summed E-state index contributed by atoms with van der Waals surface area (Å²) < 4.78 is 34.0. The van der Waals surface area contributed by atoms with Crippen LogP contribution in [0.4, 0.5) is 0 Å². The quantitative estimate of drug-likeness (QED) is 0.588. The molecule has 0 radical (unpaired) electrons. The van der Waals surface area contributed by atoms with Crippen LogP contribution in [0, 0.1) is 18.3 Å². The van der Waals surface area contributed by atoms with Gasteiger partial charge in [0.05, 0.1) is 12.0 Å². The lowest BCUT2D eigenvalue weighted by molar-refractivity contribution is 0.302. The molecule has 1 spiro atoms. The minimum atomic E-state index is -3.53. The average Bonchev–Trinajstić information content (AvgIpc) is 3.21. The van der Waals surface area contributed by atoms with E-state index in [-0.39, 0.29) is 16.7 Å². The van der Waals surface area contributed by atoms with Gasteiger partial charge in [-0.25, -0.2) is 8.42 Å². The second-order valence-corrected chi connectivity index (χ2v) is 11.7. The van der Waals surface area contributed by atoms with Crippen LogP contribution in [-0.2, 0) is 10.0 Å². The molecule has 0 N–H and O–H groups in total. The first-order chi connectivity index (χ1) is 14.8. The highest BCUT2D eigenvalue weighted by Gasteiger charge is 2.55. The number of fused-ring (bicyclic) bond motifs is 1. The minimum Gasteiger partial charge on any atom is -0.497 e. The number of hydrogen-bond donors (Lipinski definition) is 0. The molecule has 2 fully saturated rings. The number of alkyl halides is 1. The molecule has 1 saturated carbocycles. The number of halogens is 1. The van der Waals surface area contributed by atoms with E-state index in [0.29, 0.717) is 18.0 Å². The van der Waals surface area contributed by atoms with Crippen molar-refractivity contribution in [1.29, 1.82) is 0 Å². The summed E-state index contributed by atoms with van der Waals surface area (Å²) in [6.45, 7) is 2.98. The lowest BCUT2D eigenvalue weighted by Crippen LogP contribution is -2.32. The van der Waals surface area contributed by atoms with E-state index in [1.807, 2.05) is 31.2 Å². The molecule has 2 aliphatic carbocycles. The number of hydrogen-bond acceptors (Lipinski definition) is 3. The summed E-state index contributed by atoms with van der Waals surface area (Å²) in [4.78, 5) is 0.376. The minimum absolute atomic E-state index is 0.0942. The van der Waals surface area contributed by atoms with Crippen LogP contribution in [-0.4, -0.2) is 38.3 Å². The smallest absolute Gasteiger partial charge is 0.243 e. The fourth-order valence-electron chi connectivity index (χ4n) is 5.80. The van der Waals surface area contributed by atoms with Gasteiger partial charge in [-0.05, 0) is 67.2 Å². The Kier molecular flexibility index (Phi) is 5.19. The molecule has 3 atom stereocenters. The van der Waals surface area contributed by atoms with Crippen LogP contribution in [0.5, 0.6) is 5.75 Å². The van der Waals surface area contributed by atoms with Crippen molar-refractivity contribution in [3.63, 3.8) is 0 Å². The molecule has 3 aliphatic rings. The number of benzene rings is 2. The average molecular weight is 458 g/mol. The third kappa shape index (κ3) is 3.42. The van der Waals surface area contributed by atoms with Crippen LogP contribution in [0.1, 0.15) is 36.8 Å². The van der Waals surface area contributed by atoms with E-state index in [4.69, 9.17) is 16.3 Å².